The van der Waals surface area contributed by atoms with Gasteiger partial charge in [0, 0.05) is 6.04 Å². The van der Waals surface area contributed by atoms with Crippen LogP contribution in [0.15, 0.2) is 10.8 Å². The first kappa shape index (κ1) is 8.75. The van der Waals surface area contributed by atoms with Crippen molar-refractivity contribution in [1.82, 2.24) is 0 Å². The second-order valence-electron chi connectivity index (χ2n) is 3.10. The highest BCUT2D eigenvalue weighted by Gasteiger charge is 2.00. The normalized spacial score (nSPS) is 13.4. The van der Waals surface area contributed by atoms with Crippen molar-refractivity contribution in [3.63, 3.8) is 0 Å². The quantitative estimate of drug-likeness (QED) is 0.738. The molecule has 1 heterocycles. The smallest absolute Gasteiger partial charge is 0.00136 e. The Morgan fingerprint density at radius 2 is 2.27 bits per heavy atom. The van der Waals surface area contributed by atoms with E-state index in [-0.39, 0.29) is 0 Å². The Morgan fingerprint density at radius 3 is 2.73 bits per heavy atom. The van der Waals surface area contributed by atoms with Crippen LogP contribution in [0.1, 0.15) is 24.5 Å². The summed E-state index contributed by atoms with van der Waals surface area (Å²) in [6.45, 7) is 4.22. The second kappa shape index (κ2) is 3.88. The van der Waals surface area contributed by atoms with E-state index in [2.05, 4.69) is 24.6 Å². The lowest BCUT2D eigenvalue weighted by molar-refractivity contribution is 0.665. The molecule has 1 atom stereocenters. The lowest BCUT2D eigenvalue weighted by atomic mass is 10.1. The first-order valence-corrected chi connectivity index (χ1v) is 4.91. The molecule has 0 radical (unpaired) electrons. The van der Waals surface area contributed by atoms with Gasteiger partial charge in [-0.3, -0.25) is 0 Å². The third-order valence-corrected chi connectivity index (χ3v) is 2.74. The molecule has 0 aliphatic rings. The maximum absolute atomic E-state index is 5.66. The molecule has 0 saturated carbocycles. The van der Waals surface area contributed by atoms with Crippen molar-refractivity contribution in [3.05, 3.63) is 21.9 Å². The van der Waals surface area contributed by atoms with E-state index in [1.165, 1.54) is 11.1 Å². The third kappa shape index (κ3) is 2.64. The van der Waals surface area contributed by atoms with Gasteiger partial charge in [-0.25, -0.2) is 0 Å². The first-order valence-electron chi connectivity index (χ1n) is 3.97. The number of aryl methyl sites for hydroxylation is 2. The highest BCUT2D eigenvalue weighted by atomic mass is 32.1. The zero-order valence-corrected chi connectivity index (χ0v) is 7.95. The summed E-state index contributed by atoms with van der Waals surface area (Å²) in [7, 11) is 0. The van der Waals surface area contributed by atoms with Gasteiger partial charge in [-0.15, -0.1) is 0 Å². The molecule has 0 saturated heterocycles. The molecule has 0 bridgehead atoms. The molecule has 11 heavy (non-hydrogen) atoms. The minimum absolute atomic E-state index is 0.328. The minimum Gasteiger partial charge on any atom is -0.328 e. The second-order valence-corrected chi connectivity index (χ2v) is 3.84. The molecular formula is C9H15NS. The fourth-order valence-electron chi connectivity index (χ4n) is 1.03. The van der Waals surface area contributed by atoms with Gasteiger partial charge in [0.2, 0.25) is 0 Å². The largest absolute Gasteiger partial charge is 0.328 e. The van der Waals surface area contributed by atoms with Gasteiger partial charge in [0.1, 0.15) is 0 Å². The average molecular weight is 169 g/mol. The molecule has 1 rings (SSSR count). The number of hydrogen-bond donors (Lipinski definition) is 1. The van der Waals surface area contributed by atoms with Crippen molar-refractivity contribution in [2.24, 2.45) is 5.73 Å². The van der Waals surface area contributed by atoms with Gasteiger partial charge in [-0.2, -0.15) is 11.3 Å². The van der Waals surface area contributed by atoms with E-state index in [1.807, 2.05) is 0 Å². The summed E-state index contributed by atoms with van der Waals surface area (Å²) in [5.74, 6) is 0. The highest BCUT2D eigenvalue weighted by molar-refractivity contribution is 7.08. The number of nitrogens with two attached hydrogens (primary N) is 1. The molecule has 2 heteroatoms. The minimum atomic E-state index is 0.328. The Bertz CT molecular complexity index is 215. The molecular weight excluding hydrogens is 154 g/mol. The van der Waals surface area contributed by atoms with Crippen molar-refractivity contribution < 1.29 is 0 Å². The molecule has 0 aromatic carbocycles. The van der Waals surface area contributed by atoms with Crippen LogP contribution in [0, 0.1) is 6.92 Å². The van der Waals surface area contributed by atoms with Crippen LogP contribution in [0.3, 0.4) is 0 Å². The lowest BCUT2D eigenvalue weighted by Crippen LogP contribution is -2.15. The lowest BCUT2D eigenvalue weighted by Gasteiger charge is -2.03. The van der Waals surface area contributed by atoms with Crippen LogP contribution in [0.25, 0.3) is 0 Å². The summed E-state index contributed by atoms with van der Waals surface area (Å²) in [6, 6.07) is 0.328. The number of rotatable bonds is 3. The standard InChI is InChI=1S/C9H15NS/c1-7-5-11-6-9(7)4-3-8(2)10/h5-6,8H,3-4,10H2,1-2H3/t8-/m1/s1. The van der Waals surface area contributed by atoms with Crippen LogP contribution in [-0.2, 0) is 6.42 Å². The van der Waals surface area contributed by atoms with E-state index in [1.54, 1.807) is 11.3 Å². The molecule has 0 aliphatic heterocycles. The van der Waals surface area contributed by atoms with Crippen LogP contribution in [-0.4, -0.2) is 6.04 Å². The fraction of sp³-hybridized carbons (Fsp3) is 0.556. The van der Waals surface area contributed by atoms with Crippen molar-refractivity contribution in [2.45, 2.75) is 32.7 Å². The van der Waals surface area contributed by atoms with Gasteiger partial charge >= 0.3 is 0 Å². The van der Waals surface area contributed by atoms with Crippen LogP contribution in [0.2, 0.25) is 0 Å². The van der Waals surface area contributed by atoms with E-state index in [9.17, 15) is 0 Å². The number of hydrogen-bond acceptors (Lipinski definition) is 2. The van der Waals surface area contributed by atoms with Crippen molar-refractivity contribution in [2.75, 3.05) is 0 Å². The SMILES string of the molecule is Cc1cscc1CC[C@@H](C)N. The van der Waals surface area contributed by atoms with E-state index in [0.717, 1.165) is 12.8 Å². The molecule has 1 aromatic rings. The zero-order chi connectivity index (χ0) is 8.27. The van der Waals surface area contributed by atoms with Gasteiger partial charge in [0.25, 0.3) is 0 Å². The van der Waals surface area contributed by atoms with Gasteiger partial charge in [-0.05, 0) is 48.6 Å². The Morgan fingerprint density at radius 1 is 1.55 bits per heavy atom. The molecule has 0 aliphatic carbocycles. The summed E-state index contributed by atoms with van der Waals surface area (Å²) >= 11 is 1.78. The molecule has 1 aromatic heterocycles. The fourth-order valence-corrected chi connectivity index (χ4v) is 1.92. The molecule has 62 valence electrons. The van der Waals surface area contributed by atoms with Crippen molar-refractivity contribution in [3.8, 4) is 0 Å². The molecule has 0 unspecified atom stereocenters. The summed E-state index contributed by atoms with van der Waals surface area (Å²) in [6.07, 6.45) is 2.23. The maximum atomic E-state index is 5.66. The van der Waals surface area contributed by atoms with E-state index >= 15 is 0 Å². The topological polar surface area (TPSA) is 26.0 Å². The van der Waals surface area contributed by atoms with Gasteiger partial charge < -0.3 is 5.73 Å². The molecule has 0 fully saturated rings. The Labute approximate surface area is 72.2 Å². The molecule has 2 N–H and O–H groups in total. The summed E-state index contributed by atoms with van der Waals surface area (Å²) in [4.78, 5) is 0. The van der Waals surface area contributed by atoms with Gasteiger partial charge in [0.05, 0.1) is 0 Å². The van der Waals surface area contributed by atoms with Gasteiger partial charge in [0.15, 0.2) is 0 Å². The van der Waals surface area contributed by atoms with Crippen LogP contribution in [0.5, 0.6) is 0 Å². The predicted molar refractivity (Wildman–Crippen MR) is 51.0 cm³/mol. The predicted octanol–water partition coefficient (Wildman–Crippen LogP) is 2.34. The van der Waals surface area contributed by atoms with Crippen molar-refractivity contribution >= 4 is 11.3 Å². The first-order chi connectivity index (χ1) is 5.20. The van der Waals surface area contributed by atoms with Crippen LogP contribution >= 0.6 is 11.3 Å². The molecule has 0 amide bonds. The highest BCUT2D eigenvalue weighted by Crippen LogP contribution is 2.15. The van der Waals surface area contributed by atoms with Crippen LogP contribution < -0.4 is 5.73 Å². The van der Waals surface area contributed by atoms with Crippen molar-refractivity contribution in [1.29, 1.82) is 0 Å². The maximum Gasteiger partial charge on any atom is 0.00136 e. The molecule has 1 nitrogen and oxygen atoms in total. The Hall–Kier alpha value is -0.340. The summed E-state index contributed by atoms with van der Waals surface area (Å²) < 4.78 is 0. The molecule has 0 spiro atoms. The van der Waals surface area contributed by atoms with Gasteiger partial charge in [-0.1, -0.05) is 0 Å². The third-order valence-electron chi connectivity index (χ3n) is 1.83. The van der Waals surface area contributed by atoms with E-state index in [4.69, 9.17) is 5.73 Å². The Kier molecular flexibility index (Phi) is 3.09. The monoisotopic (exact) mass is 169 g/mol. The summed E-state index contributed by atoms with van der Waals surface area (Å²) in [5.41, 5.74) is 8.54. The zero-order valence-electron chi connectivity index (χ0n) is 7.13. The number of thiophene rings is 1. The average Bonchev–Trinajstić information content (AvgIpc) is 2.31. The Balaban J connectivity index is 2.44. The summed E-state index contributed by atoms with van der Waals surface area (Å²) in [5, 5.41) is 4.41. The van der Waals surface area contributed by atoms with E-state index in [0.29, 0.717) is 6.04 Å². The van der Waals surface area contributed by atoms with Crippen LogP contribution in [0.4, 0.5) is 0 Å². The van der Waals surface area contributed by atoms with E-state index < -0.39 is 0 Å².